The van der Waals surface area contributed by atoms with Crippen LogP contribution in [0.2, 0.25) is 5.02 Å². The number of hydrogen-bond acceptors (Lipinski definition) is 4. The van der Waals surface area contributed by atoms with E-state index >= 15 is 0 Å². The topological polar surface area (TPSA) is 87.1 Å². The molecule has 1 aliphatic rings. The number of benzene rings is 1. The van der Waals surface area contributed by atoms with Crippen LogP contribution in [-0.2, 0) is 6.54 Å². The number of carbonyl (C=O) groups is 1. The highest BCUT2D eigenvalue weighted by molar-refractivity contribution is 6.30. The summed E-state index contributed by atoms with van der Waals surface area (Å²) in [5, 5.41) is 14.9. The van der Waals surface area contributed by atoms with Gasteiger partial charge in [-0.05, 0) is 44.4 Å². The number of amides is 2. The molecule has 1 fully saturated rings. The molecule has 7 nitrogen and oxygen atoms in total. The summed E-state index contributed by atoms with van der Waals surface area (Å²) in [4.78, 5) is 14.7. The fourth-order valence-corrected chi connectivity index (χ4v) is 3.99. The van der Waals surface area contributed by atoms with Gasteiger partial charge in [0.05, 0.1) is 23.6 Å². The summed E-state index contributed by atoms with van der Waals surface area (Å²) in [7, 11) is 0. The van der Waals surface area contributed by atoms with Gasteiger partial charge < -0.3 is 14.7 Å². The summed E-state index contributed by atoms with van der Waals surface area (Å²) >= 11 is 5.97. The number of likely N-dealkylation sites (tertiary alicyclic amines) is 1. The fraction of sp³-hybridized carbons (Fsp3) is 0.350. The van der Waals surface area contributed by atoms with Gasteiger partial charge in [0.15, 0.2) is 0 Å². The van der Waals surface area contributed by atoms with Gasteiger partial charge in [-0.1, -0.05) is 28.9 Å². The number of aryl methyl sites for hydroxylation is 2. The number of hydrogen-bond donors (Lipinski definition) is 2. The molecule has 0 bridgehead atoms. The Morgan fingerprint density at radius 3 is 2.86 bits per heavy atom. The normalized spacial score (nSPS) is 16.5. The molecule has 2 amide bonds. The van der Waals surface area contributed by atoms with Crippen LogP contribution in [0, 0.1) is 13.8 Å². The van der Waals surface area contributed by atoms with Crippen LogP contribution < -0.4 is 5.32 Å². The molecule has 0 spiro atoms. The molecule has 2 N–H and O–H groups in total. The largest absolute Gasteiger partial charge is 0.361 e. The smallest absolute Gasteiger partial charge is 0.318 e. The number of nitrogens with zero attached hydrogens (tertiary/aromatic N) is 3. The molecule has 0 aliphatic carbocycles. The van der Waals surface area contributed by atoms with Crippen LogP contribution in [0.4, 0.5) is 4.79 Å². The van der Waals surface area contributed by atoms with Crippen LogP contribution >= 0.6 is 11.6 Å². The minimum absolute atomic E-state index is 0.00587. The van der Waals surface area contributed by atoms with Gasteiger partial charge in [-0.15, -0.1) is 0 Å². The third kappa shape index (κ3) is 3.49. The molecular weight excluding hydrogens is 378 g/mol. The highest BCUT2D eigenvalue weighted by Gasteiger charge is 2.33. The summed E-state index contributed by atoms with van der Waals surface area (Å²) in [5.74, 6) is 0.780. The lowest BCUT2D eigenvalue weighted by Crippen LogP contribution is -2.39. The lowest BCUT2D eigenvalue weighted by atomic mass is 10.0. The molecule has 146 valence electrons. The standard InChI is InChI=1S/C20H22ClN5O2/c1-12-18(13(2)28-25-12)17-4-3-9-26(17)20(27)22-10-15-11-23-24-19(15)14-5-7-16(21)8-6-14/h5-8,11,17H,3-4,9-10H2,1-2H3,(H,22,27)(H,23,24). The third-order valence-electron chi connectivity index (χ3n) is 5.22. The van der Waals surface area contributed by atoms with Gasteiger partial charge in [0.2, 0.25) is 0 Å². The van der Waals surface area contributed by atoms with Crippen molar-refractivity contribution < 1.29 is 9.32 Å². The molecule has 1 aromatic carbocycles. The number of aromatic nitrogens is 3. The molecule has 3 aromatic rings. The molecule has 2 aromatic heterocycles. The maximum Gasteiger partial charge on any atom is 0.318 e. The molecule has 1 unspecified atom stereocenters. The second-order valence-corrected chi connectivity index (χ2v) is 7.46. The Bertz CT molecular complexity index is 959. The fourth-order valence-electron chi connectivity index (χ4n) is 3.86. The first kappa shape index (κ1) is 18.6. The predicted molar refractivity (Wildman–Crippen MR) is 106 cm³/mol. The van der Waals surface area contributed by atoms with Gasteiger partial charge in [-0.3, -0.25) is 5.10 Å². The van der Waals surface area contributed by atoms with Crippen LogP contribution in [0.5, 0.6) is 0 Å². The van der Waals surface area contributed by atoms with E-state index in [1.54, 1.807) is 6.20 Å². The molecule has 1 atom stereocenters. The van der Waals surface area contributed by atoms with Crippen LogP contribution in [0.15, 0.2) is 35.0 Å². The summed E-state index contributed by atoms with van der Waals surface area (Å²) in [6.45, 7) is 4.92. The molecule has 3 heterocycles. The van der Waals surface area contributed by atoms with E-state index in [0.717, 1.165) is 53.2 Å². The van der Waals surface area contributed by atoms with Crippen LogP contribution in [0.1, 0.15) is 41.5 Å². The predicted octanol–water partition coefficient (Wildman–Crippen LogP) is 4.38. The Morgan fingerprint density at radius 2 is 2.14 bits per heavy atom. The van der Waals surface area contributed by atoms with Gasteiger partial charge >= 0.3 is 6.03 Å². The molecule has 1 aliphatic heterocycles. The van der Waals surface area contributed by atoms with Crippen molar-refractivity contribution in [3.05, 3.63) is 58.1 Å². The minimum atomic E-state index is -0.0919. The molecule has 0 saturated carbocycles. The first-order valence-electron chi connectivity index (χ1n) is 9.30. The molecule has 8 heteroatoms. The summed E-state index contributed by atoms with van der Waals surface area (Å²) in [6, 6.07) is 7.43. The number of rotatable bonds is 4. The molecule has 0 radical (unpaired) electrons. The van der Waals surface area contributed by atoms with Crippen molar-refractivity contribution in [2.45, 2.75) is 39.3 Å². The van der Waals surface area contributed by atoms with Gasteiger partial charge in [-0.25, -0.2) is 4.79 Å². The molecule has 4 rings (SSSR count). The third-order valence-corrected chi connectivity index (χ3v) is 5.47. The summed E-state index contributed by atoms with van der Waals surface area (Å²) in [5.41, 5.74) is 4.64. The Kier molecular flexibility index (Phi) is 5.09. The van der Waals surface area contributed by atoms with Crippen molar-refractivity contribution in [3.63, 3.8) is 0 Å². The van der Waals surface area contributed by atoms with Crippen LogP contribution in [0.3, 0.4) is 0 Å². The van der Waals surface area contributed by atoms with Crippen molar-refractivity contribution in [2.24, 2.45) is 0 Å². The Labute approximate surface area is 168 Å². The van der Waals surface area contributed by atoms with E-state index in [0.29, 0.717) is 11.6 Å². The SMILES string of the molecule is Cc1noc(C)c1C1CCCN1C(=O)NCc1cn[nH]c1-c1ccc(Cl)cc1. The van der Waals surface area contributed by atoms with Crippen molar-refractivity contribution in [2.75, 3.05) is 6.54 Å². The lowest BCUT2D eigenvalue weighted by Gasteiger charge is -2.25. The zero-order chi connectivity index (χ0) is 19.7. The van der Waals surface area contributed by atoms with Gasteiger partial charge in [0.1, 0.15) is 5.76 Å². The summed E-state index contributed by atoms with van der Waals surface area (Å²) in [6.07, 6.45) is 3.61. The van der Waals surface area contributed by atoms with Crippen molar-refractivity contribution >= 4 is 17.6 Å². The highest BCUT2D eigenvalue weighted by atomic mass is 35.5. The van der Waals surface area contributed by atoms with Gasteiger partial charge in [0.25, 0.3) is 0 Å². The maximum atomic E-state index is 12.9. The zero-order valence-electron chi connectivity index (χ0n) is 15.8. The molecular formula is C20H22ClN5O2. The average Bonchev–Trinajstić information content (AvgIpc) is 3.41. The van der Waals surface area contributed by atoms with E-state index in [4.69, 9.17) is 16.1 Å². The Balaban J connectivity index is 1.47. The Morgan fingerprint density at radius 1 is 1.36 bits per heavy atom. The monoisotopic (exact) mass is 399 g/mol. The van der Waals surface area contributed by atoms with E-state index in [1.807, 2.05) is 43.0 Å². The van der Waals surface area contributed by atoms with Crippen LogP contribution in [-0.4, -0.2) is 32.8 Å². The van der Waals surface area contributed by atoms with E-state index in [9.17, 15) is 4.79 Å². The van der Waals surface area contributed by atoms with E-state index in [1.165, 1.54) is 0 Å². The first-order chi connectivity index (χ1) is 13.5. The van der Waals surface area contributed by atoms with Gasteiger partial charge in [-0.2, -0.15) is 5.10 Å². The van der Waals surface area contributed by atoms with Crippen molar-refractivity contribution in [1.82, 2.24) is 25.6 Å². The van der Waals surface area contributed by atoms with E-state index in [-0.39, 0.29) is 12.1 Å². The second-order valence-electron chi connectivity index (χ2n) is 7.03. The molecule has 1 saturated heterocycles. The number of aromatic amines is 1. The van der Waals surface area contributed by atoms with E-state index in [2.05, 4.69) is 20.7 Å². The first-order valence-corrected chi connectivity index (χ1v) is 9.68. The van der Waals surface area contributed by atoms with Crippen molar-refractivity contribution in [1.29, 1.82) is 0 Å². The zero-order valence-corrected chi connectivity index (χ0v) is 16.6. The molecule has 28 heavy (non-hydrogen) atoms. The number of carbonyl (C=O) groups excluding carboxylic acids is 1. The van der Waals surface area contributed by atoms with Crippen LogP contribution in [0.25, 0.3) is 11.3 Å². The average molecular weight is 400 g/mol. The van der Waals surface area contributed by atoms with Crippen molar-refractivity contribution in [3.8, 4) is 11.3 Å². The quantitative estimate of drug-likeness (QED) is 0.681. The highest BCUT2D eigenvalue weighted by Crippen LogP contribution is 2.35. The van der Waals surface area contributed by atoms with E-state index < -0.39 is 0 Å². The maximum absolute atomic E-state index is 12.9. The number of halogens is 1. The minimum Gasteiger partial charge on any atom is -0.361 e. The number of H-pyrrole nitrogens is 1. The number of urea groups is 1. The summed E-state index contributed by atoms with van der Waals surface area (Å²) < 4.78 is 5.30. The Hall–Kier alpha value is -2.80. The van der Waals surface area contributed by atoms with Gasteiger partial charge in [0, 0.05) is 29.2 Å². The number of nitrogens with one attached hydrogen (secondary N) is 2. The lowest BCUT2D eigenvalue weighted by molar-refractivity contribution is 0.192. The second kappa shape index (κ2) is 7.67.